The Morgan fingerprint density at radius 1 is 0.806 bits per heavy atom. The molecule has 168 valence electrons. The van der Waals surface area contributed by atoms with Gasteiger partial charge in [0.25, 0.3) is 0 Å². The Morgan fingerprint density at radius 2 is 1.39 bits per heavy atom. The SMILES string of the molecule is COc1ccc(CN2CCN(CN3C(=O)[C@H]4CC=CC[C@H]4C3=O)CC2)c(OC)c1OC. The number of carbonyl (C=O) groups excluding carboxylic acids is 2. The summed E-state index contributed by atoms with van der Waals surface area (Å²) in [6.45, 7) is 4.44. The highest BCUT2D eigenvalue weighted by Crippen LogP contribution is 2.40. The van der Waals surface area contributed by atoms with Crippen molar-refractivity contribution < 1.29 is 23.8 Å². The second-order valence-electron chi connectivity index (χ2n) is 8.29. The highest BCUT2D eigenvalue weighted by molar-refractivity contribution is 6.05. The zero-order valence-corrected chi connectivity index (χ0v) is 18.5. The van der Waals surface area contributed by atoms with Gasteiger partial charge in [0.1, 0.15) is 0 Å². The van der Waals surface area contributed by atoms with Gasteiger partial charge in [0.2, 0.25) is 17.6 Å². The predicted octanol–water partition coefficient (Wildman–Crippen LogP) is 1.74. The van der Waals surface area contributed by atoms with Crippen LogP contribution in [0.4, 0.5) is 0 Å². The molecule has 0 aromatic heterocycles. The van der Waals surface area contributed by atoms with Gasteiger partial charge in [-0.15, -0.1) is 0 Å². The number of ether oxygens (including phenoxy) is 3. The number of hydrogen-bond acceptors (Lipinski definition) is 7. The molecule has 0 bridgehead atoms. The summed E-state index contributed by atoms with van der Waals surface area (Å²) in [4.78, 5) is 31.4. The summed E-state index contributed by atoms with van der Waals surface area (Å²) in [6.07, 6.45) is 5.42. The number of allylic oxidation sites excluding steroid dienone is 2. The molecule has 8 nitrogen and oxygen atoms in total. The minimum absolute atomic E-state index is 0.00292. The maximum absolute atomic E-state index is 12.7. The quantitative estimate of drug-likeness (QED) is 0.483. The molecular formula is C23H31N3O5. The number of methoxy groups -OCH3 is 3. The lowest BCUT2D eigenvalue weighted by atomic mass is 9.85. The molecule has 2 amide bonds. The summed E-state index contributed by atoms with van der Waals surface area (Å²) in [5.41, 5.74) is 1.04. The number of rotatable bonds is 7. The lowest BCUT2D eigenvalue weighted by molar-refractivity contribution is -0.142. The molecule has 2 fully saturated rings. The van der Waals surface area contributed by atoms with Crippen LogP contribution in [0.25, 0.3) is 0 Å². The summed E-state index contributed by atoms with van der Waals surface area (Å²) in [7, 11) is 4.85. The second-order valence-corrected chi connectivity index (χ2v) is 8.29. The highest BCUT2D eigenvalue weighted by atomic mass is 16.5. The Kier molecular flexibility index (Phi) is 6.48. The van der Waals surface area contributed by atoms with Gasteiger partial charge >= 0.3 is 0 Å². The van der Waals surface area contributed by atoms with E-state index < -0.39 is 0 Å². The van der Waals surface area contributed by atoms with Crippen LogP contribution in [0, 0.1) is 11.8 Å². The topological polar surface area (TPSA) is 71.6 Å². The van der Waals surface area contributed by atoms with Gasteiger partial charge in [0.05, 0.1) is 39.8 Å². The average molecular weight is 430 g/mol. The lowest BCUT2D eigenvalue weighted by Crippen LogP contribution is -2.51. The zero-order chi connectivity index (χ0) is 22.0. The largest absolute Gasteiger partial charge is 0.493 e. The summed E-state index contributed by atoms with van der Waals surface area (Å²) in [5, 5.41) is 0. The molecule has 31 heavy (non-hydrogen) atoms. The van der Waals surface area contributed by atoms with Crippen molar-refractivity contribution in [3.05, 3.63) is 29.8 Å². The van der Waals surface area contributed by atoms with Gasteiger partial charge in [-0.2, -0.15) is 0 Å². The molecule has 0 N–H and O–H groups in total. The third-order valence-electron chi connectivity index (χ3n) is 6.58. The van der Waals surface area contributed by atoms with Crippen molar-refractivity contribution in [3.63, 3.8) is 0 Å². The van der Waals surface area contributed by atoms with E-state index in [1.807, 2.05) is 24.3 Å². The monoisotopic (exact) mass is 429 g/mol. The lowest BCUT2D eigenvalue weighted by Gasteiger charge is -2.36. The van der Waals surface area contributed by atoms with Crippen molar-refractivity contribution in [2.24, 2.45) is 11.8 Å². The van der Waals surface area contributed by atoms with Crippen LogP contribution in [0.15, 0.2) is 24.3 Å². The third kappa shape index (κ3) is 4.14. The van der Waals surface area contributed by atoms with Crippen LogP contribution in [0.3, 0.4) is 0 Å². The molecule has 8 heteroatoms. The van der Waals surface area contributed by atoms with E-state index in [-0.39, 0.29) is 23.7 Å². The van der Waals surface area contributed by atoms with Crippen LogP contribution in [0.1, 0.15) is 18.4 Å². The van der Waals surface area contributed by atoms with Crippen molar-refractivity contribution in [1.29, 1.82) is 0 Å². The van der Waals surface area contributed by atoms with E-state index in [9.17, 15) is 9.59 Å². The molecular weight excluding hydrogens is 398 g/mol. The van der Waals surface area contributed by atoms with Crippen molar-refractivity contribution in [3.8, 4) is 17.2 Å². The van der Waals surface area contributed by atoms with Crippen molar-refractivity contribution in [1.82, 2.24) is 14.7 Å². The first kappa shape index (κ1) is 21.6. The van der Waals surface area contributed by atoms with Gasteiger partial charge in [-0.1, -0.05) is 18.2 Å². The van der Waals surface area contributed by atoms with E-state index in [1.54, 1.807) is 21.3 Å². The first-order chi connectivity index (χ1) is 15.1. The minimum atomic E-state index is -0.156. The smallest absolute Gasteiger partial charge is 0.234 e. The molecule has 0 radical (unpaired) electrons. The Bertz CT molecular complexity index is 837. The van der Waals surface area contributed by atoms with Crippen molar-refractivity contribution in [2.75, 3.05) is 54.2 Å². The first-order valence-corrected chi connectivity index (χ1v) is 10.8. The summed E-state index contributed by atoms with van der Waals surface area (Å²) in [6, 6.07) is 3.90. The van der Waals surface area contributed by atoms with E-state index >= 15 is 0 Å². The maximum Gasteiger partial charge on any atom is 0.234 e. The predicted molar refractivity (Wildman–Crippen MR) is 115 cm³/mol. The van der Waals surface area contributed by atoms with Crippen LogP contribution in [-0.2, 0) is 16.1 Å². The van der Waals surface area contributed by atoms with Crippen LogP contribution >= 0.6 is 0 Å². The fraction of sp³-hybridized carbons (Fsp3) is 0.565. The molecule has 0 spiro atoms. The molecule has 2 saturated heterocycles. The van der Waals surface area contributed by atoms with Crippen molar-refractivity contribution in [2.45, 2.75) is 19.4 Å². The van der Waals surface area contributed by atoms with E-state index in [1.165, 1.54) is 4.90 Å². The molecule has 4 rings (SSSR count). The van der Waals surface area contributed by atoms with Crippen LogP contribution in [-0.4, -0.2) is 80.7 Å². The molecule has 0 saturated carbocycles. The maximum atomic E-state index is 12.7. The standard InChI is InChI=1S/C23H31N3O5/c1-29-19-9-8-16(20(30-2)21(19)31-3)14-24-10-12-25(13-11-24)15-26-22(27)17-6-4-5-7-18(17)23(26)28/h4-5,8-9,17-18H,6-7,10-15H2,1-3H3/t17-,18+. The number of nitrogens with zero attached hydrogens (tertiary/aromatic N) is 3. The molecule has 3 aliphatic rings. The molecule has 1 aliphatic carbocycles. The molecule has 0 unspecified atom stereocenters. The van der Waals surface area contributed by atoms with Gasteiger partial charge < -0.3 is 14.2 Å². The molecule has 2 aliphatic heterocycles. The first-order valence-electron chi connectivity index (χ1n) is 10.8. The summed E-state index contributed by atoms with van der Waals surface area (Å²) >= 11 is 0. The molecule has 1 aromatic rings. The van der Waals surface area contributed by atoms with Gasteiger partial charge in [0, 0.05) is 38.3 Å². The second kappa shape index (κ2) is 9.28. The van der Waals surface area contributed by atoms with E-state index in [4.69, 9.17) is 14.2 Å². The van der Waals surface area contributed by atoms with Gasteiger partial charge in [-0.05, 0) is 18.9 Å². The minimum Gasteiger partial charge on any atom is -0.493 e. The molecule has 1 aromatic carbocycles. The van der Waals surface area contributed by atoms with E-state index in [0.717, 1.165) is 38.3 Å². The van der Waals surface area contributed by atoms with Crippen LogP contribution < -0.4 is 14.2 Å². The van der Waals surface area contributed by atoms with Gasteiger partial charge in [0.15, 0.2) is 11.5 Å². The number of fused-ring (bicyclic) bond motifs is 1. The number of hydrogen-bond donors (Lipinski definition) is 0. The Labute approximate surface area is 183 Å². The number of amides is 2. The van der Waals surface area contributed by atoms with E-state index in [0.29, 0.717) is 36.8 Å². The van der Waals surface area contributed by atoms with E-state index in [2.05, 4.69) is 9.80 Å². The van der Waals surface area contributed by atoms with Crippen molar-refractivity contribution >= 4 is 11.8 Å². The Hall–Kier alpha value is -2.58. The summed E-state index contributed by atoms with van der Waals surface area (Å²) in [5.74, 6) is 1.61. The van der Waals surface area contributed by atoms with Crippen LogP contribution in [0.5, 0.6) is 17.2 Å². The van der Waals surface area contributed by atoms with Gasteiger partial charge in [-0.3, -0.25) is 24.3 Å². The molecule has 2 heterocycles. The highest BCUT2D eigenvalue weighted by Gasteiger charge is 2.47. The fourth-order valence-electron chi connectivity index (χ4n) is 4.83. The number of imide groups is 1. The number of piperazine rings is 1. The Balaban J connectivity index is 1.35. The van der Waals surface area contributed by atoms with Crippen LogP contribution in [0.2, 0.25) is 0 Å². The Morgan fingerprint density at radius 3 is 1.94 bits per heavy atom. The average Bonchev–Trinajstić information content (AvgIpc) is 3.04. The summed E-state index contributed by atoms with van der Waals surface area (Å²) < 4.78 is 16.5. The number of carbonyl (C=O) groups is 2. The fourth-order valence-corrected chi connectivity index (χ4v) is 4.83. The molecule has 2 atom stereocenters. The number of benzene rings is 1. The van der Waals surface area contributed by atoms with Gasteiger partial charge in [-0.25, -0.2) is 0 Å². The number of likely N-dealkylation sites (tertiary alicyclic amines) is 1. The zero-order valence-electron chi connectivity index (χ0n) is 18.5. The normalized spacial score (nSPS) is 24.4. The third-order valence-corrected chi connectivity index (χ3v) is 6.58.